The van der Waals surface area contributed by atoms with Crippen LogP contribution in [0.4, 0.5) is 10.7 Å². The van der Waals surface area contributed by atoms with Gasteiger partial charge in [0.15, 0.2) is 12.4 Å². The molecular weight excluding hydrogens is 396 g/mol. The molecule has 1 aromatic carbocycles. The van der Waals surface area contributed by atoms with Crippen molar-refractivity contribution in [1.82, 2.24) is 0 Å². The molecule has 0 bridgehead atoms. The molecular formula is C20H18N2O6S. The van der Waals surface area contributed by atoms with Gasteiger partial charge < -0.3 is 24.5 Å². The number of esters is 1. The summed E-state index contributed by atoms with van der Waals surface area (Å²) in [6.45, 7) is 1.62. The Labute approximate surface area is 170 Å². The van der Waals surface area contributed by atoms with Crippen molar-refractivity contribution in [2.24, 2.45) is 0 Å². The van der Waals surface area contributed by atoms with Gasteiger partial charge in [0, 0.05) is 5.69 Å². The SMILES string of the molecule is COC(=O)COc1ccc(NC(=O)c2ccc(NC(=O)c3ccco3)s2)c(C)c1. The average molecular weight is 414 g/mol. The summed E-state index contributed by atoms with van der Waals surface area (Å²) in [5.74, 6) is -0.492. The van der Waals surface area contributed by atoms with Crippen molar-refractivity contribution in [2.75, 3.05) is 24.4 Å². The van der Waals surface area contributed by atoms with Crippen LogP contribution >= 0.6 is 11.3 Å². The number of benzene rings is 1. The van der Waals surface area contributed by atoms with Gasteiger partial charge in [-0.25, -0.2) is 4.79 Å². The second-order valence-electron chi connectivity index (χ2n) is 5.89. The number of aryl methyl sites for hydroxylation is 1. The predicted molar refractivity (Wildman–Crippen MR) is 108 cm³/mol. The third kappa shape index (κ3) is 5.23. The zero-order valence-corrected chi connectivity index (χ0v) is 16.5. The molecule has 9 heteroatoms. The van der Waals surface area contributed by atoms with E-state index >= 15 is 0 Å². The number of amides is 2. The molecule has 0 radical (unpaired) electrons. The quantitative estimate of drug-likeness (QED) is 0.571. The first-order valence-electron chi connectivity index (χ1n) is 8.52. The van der Waals surface area contributed by atoms with Gasteiger partial charge >= 0.3 is 5.97 Å². The highest BCUT2D eigenvalue weighted by Gasteiger charge is 2.14. The fourth-order valence-corrected chi connectivity index (χ4v) is 3.16. The predicted octanol–water partition coefficient (Wildman–Crippen LogP) is 3.71. The Morgan fingerprint density at radius 1 is 1.07 bits per heavy atom. The van der Waals surface area contributed by atoms with E-state index in [1.165, 1.54) is 13.4 Å². The summed E-state index contributed by atoms with van der Waals surface area (Å²) in [5.41, 5.74) is 1.37. The maximum Gasteiger partial charge on any atom is 0.343 e. The van der Waals surface area contributed by atoms with Crippen molar-refractivity contribution in [3.63, 3.8) is 0 Å². The highest BCUT2D eigenvalue weighted by atomic mass is 32.1. The Morgan fingerprint density at radius 2 is 1.90 bits per heavy atom. The first kappa shape index (κ1) is 20.2. The highest BCUT2D eigenvalue weighted by Crippen LogP contribution is 2.26. The molecule has 2 N–H and O–H groups in total. The fraction of sp³-hybridized carbons (Fsp3) is 0.150. The number of rotatable bonds is 7. The van der Waals surface area contributed by atoms with E-state index in [2.05, 4.69) is 15.4 Å². The molecule has 3 aromatic rings. The Morgan fingerprint density at radius 3 is 2.59 bits per heavy atom. The standard InChI is InChI=1S/C20H18N2O6S/c1-12-10-13(28-11-18(23)26-2)5-6-14(12)21-20(25)16-7-8-17(29-16)22-19(24)15-4-3-9-27-15/h3-10H,11H2,1-2H3,(H,21,25)(H,22,24). The smallest absolute Gasteiger partial charge is 0.343 e. The largest absolute Gasteiger partial charge is 0.482 e. The van der Waals surface area contributed by atoms with E-state index in [4.69, 9.17) is 9.15 Å². The van der Waals surface area contributed by atoms with Crippen molar-refractivity contribution in [2.45, 2.75) is 6.92 Å². The summed E-state index contributed by atoms with van der Waals surface area (Å²) in [4.78, 5) is 36.1. The van der Waals surface area contributed by atoms with E-state index in [1.807, 2.05) is 6.92 Å². The van der Waals surface area contributed by atoms with Crippen LogP contribution < -0.4 is 15.4 Å². The van der Waals surface area contributed by atoms with E-state index < -0.39 is 5.97 Å². The third-order valence-electron chi connectivity index (χ3n) is 3.84. The van der Waals surface area contributed by atoms with Crippen LogP contribution in [-0.4, -0.2) is 31.5 Å². The normalized spacial score (nSPS) is 10.3. The van der Waals surface area contributed by atoms with Gasteiger partial charge in [0.25, 0.3) is 11.8 Å². The Hall–Kier alpha value is -3.59. The lowest BCUT2D eigenvalue weighted by Gasteiger charge is -2.10. The Kier molecular flexibility index (Phi) is 6.30. The lowest BCUT2D eigenvalue weighted by molar-refractivity contribution is -0.142. The van der Waals surface area contributed by atoms with Crippen LogP contribution in [0.1, 0.15) is 25.8 Å². The molecule has 150 valence electrons. The van der Waals surface area contributed by atoms with E-state index in [-0.39, 0.29) is 24.2 Å². The maximum atomic E-state index is 12.5. The molecule has 2 amide bonds. The van der Waals surface area contributed by atoms with Crippen molar-refractivity contribution < 1.29 is 28.3 Å². The van der Waals surface area contributed by atoms with Crippen LogP contribution in [0.25, 0.3) is 0 Å². The number of nitrogens with one attached hydrogen (secondary N) is 2. The summed E-state index contributed by atoms with van der Waals surface area (Å²) in [6.07, 6.45) is 1.41. The van der Waals surface area contributed by atoms with Crippen LogP contribution in [-0.2, 0) is 9.53 Å². The average Bonchev–Trinajstić information content (AvgIpc) is 3.40. The number of hydrogen-bond acceptors (Lipinski definition) is 7. The molecule has 0 aliphatic carbocycles. The van der Waals surface area contributed by atoms with Gasteiger partial charge in [0.1, 0.15) is 5.75 Å². The number of ether oxygens (including phenoxy) is 2. The number of furan rings is 1. The van der Waals surface area contributed by atoms with Gasteiger partial charge in [0.05, 0.1) is 23.3 Å². The second kappa shape index (κ2) is 9.07. The van der Waals surface area contributed by atoms with E-state index in [0.29, 0.717) is 21.3 Å². The zero-order chi connectivity index (χ0) is 20.8. The number of thiophene rings is 1. The van der Waals surface area contributed by atoms with Gasteiger partial charge in [-0.15, -0.1) is 11.3 Å². The van der Waals surface area contributed by atoms with Crippen LogP contribution in [0.5, 0.6) is 5.75 Å². The molecule has 0 atom stereocenters. The molecule has 29 heavy (non-hydrogen) atoms. The monoisotopic (exact) mass is 414 g/mol. The minimum Gasteiger partial charge on any atom is -0.482 e. The topological polar surface area (TPSA) is 107 Å². The summed E-state index contributed by atoms with van der Waals surface area (Å²) in [7, 11) is 1.29. The lowest BCUT2D eigenvalue weighted by atomic mass is 10.2. The van der Waals surface area contributed by atoms with Gasteiger partial charge in [-0.1, -0.05) is 0 Å². The molecule has 3 rings (SSSR count). The fourth-order valence-electron chi connectivity index (χ4n) is 2.36. The van der Waals surface area contributed by atoms with Crippen molar-refractivity contribution >= 4 is 39.8 Å². The highest BCUT2D eigenvalue weighted by molar-refractivity contribution is 7.18. The van der Waals surface area contributed by atoms with Crippen molar-refractivity contribution in [1.29, 1.82) is 0 Å². The number of carbonyl (C=O) groups excluding carboxylic acids is 3. The Bertz CT molecular complexity index is 1030. The minimum absolute atomic E-state index is 0.189. The summed E-state index contributed by atoms with van der Waals surface area (Å²) >= 11 is 1.15. The summed E-state index contributed by atoms with van der Waals surface area (Å²) in [6, 6.07) is 11.5. The van der Waals surface area contributed by atoms with Crippen molar-refractivity contribution in [3.05, 3.63) is 64.9 Å². The van der Waals surface area contributed by atoms with Crippen LogP contribution in [0, 0.1) is 6.92 Å². The first-order chi connectivity index (χ1) is 14.0. The maximum absolute atomic E-state index is 12.5. The zero-order valence-electron chi connectivity index (χ0n) is 15.7. The van der Waals surface area contributed by atoms with Crippen LogP contribution in [0.15, 0.2) is 53.1 Å². The minimum atomic E-state index is -0.479. The van der Waals surface area contributed by atoms with Gasteiger partial charge in [0.2, 0.25) is 0 Å². The van der Waals surface area contributed by atoms with E-state index in [1.54, 1.807) is 42.5 Å². The third-order valence-corrected chi connectivity index (χ3v) is 4.84. The Balaban J connectivity index is 1.61. The molecule has 8 nitrogen and oxygen atoms in total. The molecule has 0 saturated heterocycles. The molecule has 2 heterocycles. The van der Waals surface area contributed by atoms with E-state index in [0.717, 1.165) is 16.9 Å². The molecule has 0 saturated carbocycles. The van der Waals surface area contributed by atoms with Crippen LogP contribution in [0.3, 0.4) is 0 Å². The lowest BCUT2D eigenvalue weighted by Crippen LogP contribution is -2.13. The van der Waals surface area contributed by atoms with E-state index in [9.17, 15) is 14.4 Å². The summed E-state index contributed by atoms with van der Waals surface area (Å²) < 4.78 is 14.9. The second-order valence-corrected chi connectivity index (χ2v) is 6.97. The molecule has 0 fully saturated rings. The first-order valence-corrected chi connectivity index (χ1v) is 9.34. The number of hydrogen-bond donors (Lipinski definition) is 2. The number of methoxy groups -OCH3 is 1. The number of anilines is 2. The molecule has 0 spiro atoms. The number of carbonyl (C=O) groups is 3. The molecule has 0 unspecified atom stereocenters. The molecule has 0 aliphatic rings. The van der Waals surface area contributed by atoms with Gasteiger partial charge in [-0.05, 0) is 55.0 Å². The molecule has 0 aliphatic heterocycles. The summed E-state index contributed by atoms with van der Waals surface area (Å²) in [5, 5.41) is 6.03. The van der Waals surface area contributed by atoms with Crippen molar-refractivity contribution in [3.8, 4) is 5.75 Å². The molecule has 2 aromatic heterocycles. The van der Waals surface area contributed by atoms with Gasteiger partial charge in [-0.3, -0.25) is 9.59 Å². The van der Waals surface area contributed by atoms with Crippen LogP contribution in [0.2, 0.25) is 0 Å². The van der Waals surface area contributed by atoms with Gasteiger partial charge in [-0.2, -0.15) is 0 Å².